The van der Waals surface area contributed by atoms with Crippen LogP contribution in [-0.2, 0) is 9.53 Å². The van der Waals surface area contributed by atoms with Gasteiger partial charge in [0.15, 0.2) is 0 Å². The Morgan fingerprint density at radius 1 is 1.35 bits per heavy atom. The summed E-state index contributed by atoms with van der Waals surface area (Å²) in [6.07, 6.45) is 2.45. The fraction of sp³-hybridized carbons (Fsp3) is 0.500. The highest BCUT2D eigenvalue weighted by Gasteiger charge is 2.28. The van der Waals surface area contributed by atoms with E-state index >= 15 is 0 Å². The maximum atomic E-state index is 11.4. The summed E-state index contributed by atoms with van der Waals surface area (Å²) in [5.74, 6) is 0.574. The van der Waals surface area contributed by atoms with E-state index in [1.165, 1.54) is 7.11 Å². The van der Waals surface area contributed by atoms with Crippen LogP contribution in [0.3, 0.4) is 0 Å². The van der Waals surface area contributed by atoms with Crippen LogP contribution in [0.4, 0.5) is 0 Å². The highest BCUT2D eigenvalue weighted by atomic mass is 35.5. The molecule has 2 N–H and O–H groups in total. The minimum atomic E-state index is -0.900. The average Bonchev–Trinajstić information content (AvgIpc) is 2.41. The maximum Gasteiger partial charge on any atom is 0.325 e. The molecule has 0 aliphatic heterocycles. The zero-order valence-corrected chi connectivity index (χ0v) is 13.9. The van der Waals surface area contributed by atoms with E-state index in [0.29, 0.717) is 16.5 Å². The Balaban J connectivity index is 2.28. The number of rotatable bonds is 7. The highest BCUT2D eigenvalue weighted by Crippen LogP contribution is 2.28. The van der Waals surface area contributed by atoms with Crippen molar-refractivity contribution < 1.29 is 9.53 Å². The zero-order valence-electron chi connectivity index (χ0n) is 11.6. The molecule has 0 bridgehead atoms. The first-order valence-corrected chi connectivity index (χ1v) is 8.06. The van der Waals surface area contributed by atoms with Crippen molar-refractivity contribution in [1.29, 1.82) is 0 Å². The first kappa shape index (κ1) is 17.6. The SMILES string of the molecule is COC(=O)C(C)(N)CCCCSc1ccc(Cl)c(Cl)c1. The Morgan fingerprint density at radius 2 is 2.05 bits per heavy atom. The lowest BCUT2D eigenvalue weighted by Gasteiger charge is -2.20. The number of nitrogens with two attached hydrogens (primary N) is 1. The summed E-state index contributed by atoms with van der Waals surface area (Å²) < 4.78 is 4.67. The van der Waals surface area contributed by atoms with Gasteiger partial charge in [-0.15, -0.1) is 11.8 Å². The van der Waals surface area contributed by atoms with Crippen molar-refractivity contribution in [3.8, 4) is 0 Å². The fourth-order valence-electron chi connectivity index (χ4n) is 1.69. The van der Waals surface area contributed by atoms with Crippen molar-refractivity contribution in [2.45, 2.75) is 36.6 Å². The number of unbranched alkanes of at least 4 members (excludes halogenated alkanes) is 1. The van der Waals surface area contributed by atoms with Gasteiger partial charge in [-0.3, -0.25) is 4.79 Å². The summed E-state index contributed by atoms with van der Waals surface area (Å²) in [4.78, 5) is 12.5. The van der Waals surface area contributed by atoms with Crippen LogP contribution in [0.15, 0.2) is 23.1 Å². The van der Waals surface area contributed by atoms with Gasteiger partial charge in [0.1, 0.15) is 5.54 Å². The molecule has 1 aromatic carbocycles. The molecule has 0 heterocycles. The summed E-state index contributed by atoms with van der Waals surface area (Å²) in [7, 11) is 1.35. The first-order chi connectivity index (χ1) is 9.36. The first-order valence-electron chi connectivity index (χ1n) is 6.32. The van der Waals surface area contributed by atoms with Gasteiger partial charge in [0.25, 0.3) is 0 Å². The average molecular weight is 336 g/mol. The smallest absolute Gasteiger partial charge is 0.325 e. The molecule has 3 nitrogen and oxygen atoms in total. The van der Waals surface area contributed by atoms with Gasteiger partial charge in [-0.05, 0) is 43.7 Å². The standard InChI is InChI=1S/C14H19Cl2NO2S/c1-14(17,13(18)19-2)7-3-4-8-20-10-5-6-11(15)12(16)9-10/h5-6,9H,3-4,7-8,17H2,1-2H3. The van der Waals surface area contributed by atoms with Gasteiger partial charge in [-0.2, -0.15) is 0 Å². The van der Waals surface area contributed by atoms with Crippen LogP contribution >= 0.6 is 35.0 Å². The number of benzene rings is 1. The van der Waals surface area contributed by atoms with Gasteiger partial charge in [-0.1, -0.05) is 29.6 Å². The number of carbonyl (C=O) groups excluding carboxylic acids is 1. The number of hydrogen-bond acceptors (Lipinski definition) is 4. The molecule has 1 unspecified atom stereocenters. The molecule has 112 valence electrons. The third-order valence-electron chi connectivity index (χ3n) is 2.90. The molecule has 1 rings (SSSR count). The second kappa shape index (κ2) is 8.13. The predicted octanol–water partition coefficient (Wildman–Crippen LogP) is 4.15. The van der Waals surface area contributed by atoms with Crippen LogP contribution in [-0.4, -0.2) is 24.4 Å². The van der Waals surface area contributed by atoms with Crippen molar-refractivity contribution in [3.63, 3.8) is 0 Å². The summed E-state index contributed by atoms with van der Waals surface area (Å²) >= 11 is 13.5. The topological polar surface area (TPSA) is 52.3 Å². The number of ether oxygens (including phenoxy) is 1. The number of methoxy groups -OCH3 is 1. The highest BCUT2D eigenvalue weighted by molar-refractivity contribution is 7.99. The van der Waals surface area contributed by atoms with E-state index in [4.69, 9.17) is 28.9 Å². The molecule has 0 aliphatic rings. The second-order valence-corrected chi connectivity index (χ2v) is 6.77. The predicted molar refractivity (Wildman–Crippen MR) is 85.6 cm³/mol. The van der Waals surface area contributed by atoms with Crippen molar-refractivity contribution >= 4 is 40.9 Å². The van der Waals surface area contributed by atoms with Gasteiger partial charge in [0.2, 0.25) is 0 Å². The quantitative estimate of drug-likeness (QED) is 0.462. The molecule has 6 heteroatoms. The van der Waals surface area contributed by atoms with Crippen molar-refractivity contribution in [3.05, 3.63) is 28.2 Å². The van der Waals surface area contributed by atoms with Crippen LogP contribution in [0.2, 0.25) is 10.0 Å². The van der Waals surface area contributed by atoms with Crippen molar-refractivity contribution in [2.75, 3.05) is 12.9 Å². The molecule has 0 fully saturated rings. The van der Waals surface area contributed by atoms with Crippen molar-refractivity contribution in [2.24, 2.45) is 5.73 Å². The van der Waals surface area contributed by atoms with Crippen LogP contribution in [0.25, 0.3) is 0 Å². The minimum Gasteiger partial charge on any atom is -0.468 e. The van der Waals surface area contributed by atoms with E-state index in [2.05, 4.69) is 4.74 Å². The molecule has 1 atom stereocenters. The molecule has 0 spiro atoms. The zero-order chi connectivity index (χ0) is 15.2. The number of hydrogen-bond donors (Lipinski definition) is 1. The largest absolute Gasteiger partial charge is 0.468 e. The molecule has 0 saturated carbocycles. The second-order valence-electron chi connectivity index (χ2n) is 4.79. The van der Waals surface area contributed by atoms with E-state index in [9.17, 15) is 4.79 Å². The molecule has 0 radical (unpaired) electrons. The van der Waals surface area contributed by atoms with E-state index in [0.717, 1.165) is 23.5 Å². The van der Waals surface area contributed by atoms with Crippen LogP contribution in [0.1, 0.15) is 26.2 Å². The van der Waals surface area contributed by atoms with E-state index in [-0.39, 0.29) is 5.97 Å². The summed E-state index contributed by atoms with van der Waals surface area (Å²) in [5.41, 5.74) is 4.99. The van der Waals surface area contributed by atoms with Crippen LogP contribution in [0.5, 0.6) is 0 Å². The lowest BCUT2D eigenvalue weighted by Crippen LogP contribution is -2.45. The maximum absolute atomic E-state index is 11.4. The normalized spacial score (nSPS) is 13.8. The number of thioether (sulfide) groups is 1. The van der Waals surface area contributed by atoms with E-state index in [1.807, 2.05) is 12.1 Å². The molecule has 0 amide bonds. The third-order valence-corrected chi connectivity index (χ3v) is 4.72. The van der Waals surface area contributed by atoms with Gasteiger partial charge in [0.05, 0.1) is 17.2 Å². The molecule has 1 aromatic rings. The van der Waals surface area contributed by atoms with Gasteiger partial charge in [0, 0.05) is 4.90 Å². The fourth-order valence-corrected chi connectivity index (χ4v) is 3.00. The Morgan fingerprint density at radius 3 is 2.65 bits per heavy atom. The van der Waals surface area contributed by atoms with E-state index in [1.54, 1.807) is 24.8 Å². The number of esters is 1. The Kier molecular flexibility index (Phi) is 7.17. The Labute approximate surface area is 134 Å². The van der Waals surface area contributed by atoms with E-state index < -0.39 is 5.54 Å². The molecular formula is C14H19Cl2NO2S. The van der Waals surface area contributed by atoms with Gasteiger partial charge in [-0.25, -0.2) is 0 Å². The molecule has 0 saturated heterocycles. The summed E-state index contributed by atoms with van der Waals surface area (Å²) in [6.45, 7) is 1.70. The lowest BCUT2D eigenvalue weighted by molar-refractivity contribution is -0.146. The molecule has 0 aromatic heterocycles. The monoisotopic (exact) mass is 335 g/mol. The number of halogens is 2. The lowest BCUT2D eigenvalue weighted by atomic mass is 9.97. The van der Waals surface area contributed by atoms with Gasteiger partial charge < -0.3 is 10.5 Å². The molecule has 20 heavy (non-hydrogen) atoms. The Hall–Kier alpha value is -0.420. The van der Waals surface area contributed by atoms with Gasteiger partial charge >= 0.3 is 5.97 Å². The van der Waals surface area contributed by atoms with Crippen molar-refractivity contribution in [1.82, 2.24) is 0 Å². The third kappa shape index (κ3) is 5.52. The van der Waals surface area contributed by atoms with Crippen LogP contribution in [0, 0.1) is 0 Å². The molecular weight excluding hydrogens is 317 g/mol. The summed E-state index contributed by atoms with van der Waals surface area (Å²) in [6, 6.07) is 5.59. The summed E-state index contributed by atoms with van der Waals surface area (Å²) in [5, 5.41) is 1.13. The van der Waals surface area contributed by atoms with Crippen LogP contribution < -0.4 is 5.73 Å². The Bertz CT molecular complexity index is 466. The minimum absolute atomic E-state index is 0.366. The number of carbonyl (C=O) groups is 1. The molecule has 0 aliphatic carbocycles.